The summed E-state index contributed by atoms with van der Waals surface area (Å²) in [6.45, 7) is 2.07. The monoisotopic (exact) mass is 465 g/mol. The first-order chi connectivity index (χ1) is 16.1. The summed E-state index contributed by atoms with van der Waals surface area (Å²) in [5, 5.41) is 11.3. The Hall–Kier alpha value is -3.33. The van der Waals surface area contributed by atoms with E-state index in [0.29, 0.717) is 42.0 Å². The van der Waals surface area contributed by atoms with Gasteiger partial charge < -0.3 is 19.5 Å². The van der Waals surface area contributed by atoms with Gasteiger partial charge >= 0.3 is 0 Å². The van der Waals surface area contributed by atoms with Gasteiger partial charge in [0.2, 0.25) is 5.91 Å². The number of aromatic nitrogens is 3. The van der Waals surface area contributed by atoms with Crippen LogP contribution in [0.3, 0.4) is 0 Å². The van der Waals surface area contributed by atoms with E-state index in [9.17, 15) is 9.59 Å². The van der Waals surface area contributed by atoms with E-state index in [4.69, 9.17) is 4.74 Å². The normalized spacial score (nSPS) is 14.2. The van der Waals surface area contributed by atoms with Crippen LogP contribution in [0.15, 0.2) is 66.1 Å². The van der Waals surface area contributed by atoms with Gasteiger partial charge in [-0.25, -0.2) is 0 Å². The lowest BCUT2D eigenvalue weighted by molar-refractivity contribution is -0.113. The lowest BCUT2D eigenvalue weighted by Crippen LogP contribution is -2.39. The molecule has 0 saturated carbocycles. The van der Waals surface area contributed by atoms with E-state index in [-0.39, 0.29) is 17.6 Å². The smallest absolute Gasteiger partial charge is 0.253 e. The molecule has 0 bridgehead atoms. The molecule has 8 nitrogen and oxygen atoms in total. The summed E-state index contributed by atoms with van der Waals surface area (Å²) >= 11 is 1.31. The first-order valence-electron chi connectivity index (χ1n) is 10.9. The van der Waals surface area contributed by atoms with E-state index in [0.717, 1.165) is 18.6 Å². The number of hydrogen-bond donors (Lipinski definition) is 1. The third-order valence-electron chi connectivity index (χ3n) is 5.53. The maximum absolute atomic E-state index is 13.0. The molecule has 1 saturated heterocycles. The largest absolute Gasteiger partial charge is 0.493 e. The molecule has 1 aromatic heterocycles. The molecule has 0 radical (unpaired) electrons. The number of rotatable bonds is 8. The van der Waals surface area contributed by atoms with Gasteiger partial charge in [0.25, 0.3) is 5.91 Å². The van der Waals surface area contributed by atoms with Gasteiger partial charge in [-0.1, -0.05) is 36.0 Å². The lowest BCUT2D eigenvalue weighted by Gasteiger charge is -2.32. The number of benzene rings is 2. The number of amides is 2. The van der Waals surface area contributed by atoms with Crippen molar-refractivity contribution >= 4 is 29.3 Å². The zero-order chi connectivity index (χ0) is 23.0. The molecule has 0 unspecified atom stereocenters. The molecule has 3 aromatic rings. The number of piperidine rings is 1. The fourth-order valence-corrected chi connectivity index (χ4v) is 4.36. The van der Waals surface area contributed by atoms with Crippen LogP contribution in [0.25, 0.3) is 0 Å². The molecule has 0 atom stereocenters. The van der Waals surface area contributed by atoms with Gasteiger partial charge in [0.1, 0.15) is 12.1 Å². The lowest BCUT2D eigenvalue weighted by atomic mass is 9.97. The molecule has 1 N–H and O–H groups in total. The number of anilines is 1. The van der Waals surface area contributed by atoms with Crippen LogP contribution in [0.5, 0.6) is 5.75 Å². The summed E-state index contributed by atoms with van der Waals surface area (Å²) in [4.78, 5) is 27.2. The van der Waals surface area contributed by atoms with Crippen LogP contribution in [-0.4, -0.2) is 56.9 Å². The summed E-state index contributed by atoms with van der Waals surface area (Å²) in [5.41, 5.74) is 1.18. The molecule has 1 aliphatic heterocycles. The number of aryl methyl sites for hydroxylation is 1. The van der Waals surface area contributed by atoms with Crippen molar-refractivity contribution in [1.82, 2.24) is 19.7 Å². The number of ether oxygens (including phenoxy) is 1. The van der Waals surface area contributed by atoms with Crippen LogP contribution in [0, 0.1) is 5.92 Å². The predicted molar refractivity (Wildman–Crippen MR) is 127 cm³/mol. The highest BCUT2D eigenvalue weighted by atomic mass is 32.2. The second-order valence-corrected chi connectivity index (χ2v) is 8.94. The molecule has 0 spiro atoms. The Labute approximate surface area is 197 Å². The molecule has 0 aliphatic carbocycles. The van der Waals surface area contributed by atoms with Crippen molar-refractivity contribution in [2.45, 2.75) is 18.0 Å². The van der Waals surface area contributed by atoms with Gasteiger partial charge in [0, 0.05) is 31.4 Å². The summed E-state index contributed by atoms with van der Waals surface area (Å²) in [5.74, 6) is 1.36. The number of carbonyl (C=O) groups is 2. The fraction of sp³-hybridized carbons (Fsp3) is 0.333. The van der Waals surface area contributed by atoms with Crippen molar-refractivity contribution in [3.05, 3.63) is 66.5 Å². The van der Waals surface area contributed by atoms with Crippen molar-refractivity contribution in [3.8, 4) is 5.75 Å². The Morgan fingerprint density at radius 1 is 1.12 bits per heavy atom. The third kappa shape index (κ3) is 6.35. The van der Waals surface area contributed by atoms with Crippen molar-refractivity contribution in [2.24, 2.45) is 13.0 Å². The average molecular weight is 466 g/mol. The van der Waals surface area contributed by atoms with E-state index in [1.165, 1.54) is 11.8 Å². The average Bonchev–Trinajstić information content (AvgIpc) is 3.27. The van der Waals surface area contributed by atoms with Crippen molar-refractivity contribution in [2.75, 3.05) is 30.8 Å². The number of hydrogen-bond acceptors (Lipinski definition) is 6. The number of thioether (sulfide) groups is 1. The van der Waals surface area contributed by atoms with Crippen molar-refractivity contribution in [1.29, 1.82) is 0 Å². The zero-order valence-electron chi connectivity index (χ0n) is 18.5. The van der Waals surface area contributed by atoms with E-state index in [1.807, 2.05) is 42.3 Å². The molecule has 2 aromatic carbocycles. The number of carbonyl (C=O) groups excluding carboxylic acids is 2. The Balaban J connectivity index is 1.25. The number of likely N-dealkylation sites (tertiary alicyclic amines) is 1. The molecule has 172 valence electrons. The van der Waals surface area contributed by atoms with Gasteiger partial charge in [0.05, 0.1) is 12.4 Å². The van der Waals surface area contributed by atoms with Gasteiger partial charge in [-0.05, 0) is 49.1 Å². The van der Waals surface area contributed by atoms with Crippen LogP contribution >= 0.6 is 11.8 Å². The van der Waals surface area contributed by atoms with Crippen LogP contribution in [0.1, 0.15) is 23.2 Å². The van der Waals surface area contributed by atoms with Gasteiger partial charge in [0.15, 0.2) is 5.16 Å². The van der Waals surface area contributed by atoms with E-state index in [1.54, 1.807) is 35.2 Å². The van der Waals surface area contributed by atoms with Gasteiger partial charge in [-0.2, -0.15) is 0 Å². The quantitative estimate of drug-likeness (QED) is 0.513. The summed E-state index contributed by atoms with van der Waals surface area (Å²) < 4.78 is 7.63. The molecule has 9 heteroatoms. The molecule has 1 fully saturated rings. The van der Waals surface area contributed by atoms with Crippen molar-refractivity contribution in [3.63, 3.8) is 0 Å². The zero-order valence-corrected chi connectivity index (χ0v) is 19.3. The van der Waals surface area contributed by atoms with E-state index in [2.05, 4.69) is 15.5 Å². The Kier molecular flexibility index (Phi) is 7.62. The van der Waals surface area contributed by atoms with E-state index >= 15 is 0 Å². The molecule has 2 heterocycles. The van der Waals surface area contributed by atoms with E-state index < -0.39 is 0 Å². The highest BCUT2D eigenvalue weighted by molar-refractivity contribution is 7.99. The summed E-state index contributed by atoms with van der Waals surface area (Å²) in [6, 6.07) is 16.9. The third-order valence-corrected chi connectivity index (χ3v) is 6.56. The van der Waals surface area contributed by atoms with Crippen LogP contribution in [0.4, 0.5) is 5.69 Å². The number of nitrogens with one attached hydrogen (secondary N) is 1. The minimum absolute atomic E-state index is 0.0120. The maximum Gasteiger partial charge on any atom is 0.253 e. The molecule has 2 amide bonds. The first kappa shape index (κ1) is 22.8. The Bertz CT molecular complexity index is 1080. The van der Waals surface area contributed by atoms with Gasteiger partial charge in [-0.3, -0.25) is 9.59 Å². The van der Waals surface area contributed by atoms with Crippen molar-refractivity contribution < 1.29 is 14.3 Å². The number of para-hydroxylation sites is 1. The fourth-order valence-electron chi connectivity index (χ4n) is 3.68. The summed E-state index contributed by atoms with van der Waals surface area (Å²) in [7, 11) is 1.83. The molecule has 33 heavy (non-hydrogen) atoms. The predicted octanol–water partition coefficient (Wildman–Crippen LogP) is 3.48. The topological polar surface area (TPSA) is 89.3 Å². The molecular weight excluding hydrogens is 438 g/mol. The molecular formula is C24H27N5O3S. The first-order valence-corrected chi connectivity index (χ1v) is 11.9. The maximum atomic E-state index is 13.0. The second kappa shape index (κ2) is 11.0. The van der Waals surface area contributed by atoms with Crippen LogP contribution in [-0.2, 0) is 11.8 Å². The Morgan fingerprint density at radius 3 is 2.64 bits per heavy atom. The SMILES string of the molecule is Cn1cnnc1SCC(=O)Nc1cccc(C(=O)N2CCC(COc3ccccc3)CC2)c1. The molecule has 1 aliphatic rings. The minimum atomic E-state index is -0.160. The van der Waals surface area contributed by atoms with Gasteiger partial charge in [-0.15, -0.1) is 10.2 Å². The highest BCUT2D eigenvalue weighted by Crippen LogP contribution is 2.22. The minimum Gasteiger partial charge on any atom is -0.493 e. The Morgan fingerprint density at radius 2 is 1.91 bits per heavy atom. The number of nitrogens with zero attached hydrogens (tertiary/aromatic N) is 4. The van der Waals surface area contributed by atoms with Crippen LogP contribution in [0.2, 0.25) is 0 Å². The summed E-state index contributed by atoms with van der Waals surface area (Å²) in [6.07, 6.45) is 3.41. The van der Waals surface area contributed by atoms with Crippen LogP contribution < -0.4 is 10.1 Å². The second-order valence-electron chi connectivity index (χ2n) is 8.00. The highest BCUT2D eigenvalue weighted by Gasteiger charge is 2.24. The standard InChI is InChI=1S/C24H27N5O3S/c1-28-17-25-27-24(28)33-16-22(30)26-20-7-5-6-19(14-20)23(31)29-12-10-18(11-13-29)15-32-21-8-3-2-4-9-21/h2-9,14,17-18H,10-13,15-16H2,1H3,(H,26,30). The molecule has 4 rings (SSSR count).